The van der Waals surface area contributed by atoms with E-state index in [4.69, 9.17) is 0 Å². The van der Waals surface area contributed by atoms with Gasteiger partial charge in [0, 0.05) is 17.2 Å². The molecule has 96 valence electrons. The van der Waals surface area contributed by atoms with Crippen molar-refractivity contribution in [3.05, 3.63) is 29.8 Å². The first-order chi connectivity index (χ1) is 8.58. The van der Waals surface area contributed by atoms with Crippen LogP contribution in [0, 0.1) is 11.8 Å². The van der Waals surface area contributed by atoms with Crippen molar-refractivity contribution >= 4 is 17.4 Å². The Morgan fingerprint density at radius 2 is 2.06 bits per heavy atom. The van der Waals surface area contributed by atoms with Gasteiger partial charge in [-0.25, -0.2) is 0 Å². The summed E-state index contributed by atoms with van der Waals surface area (Å²) in [4.78, 5) is 23.4. The van der Waals surface area contributed by atoms with Gasteiger partial charge in [-0.2, -0.15) is 0 Å². The Morgan fingerprint density at radius 3 is 2.67 bits per heavy atom. The Balaban J connectivity index is 2.07. The van der Waals surface area contributed by atoms with Gasteiger partial charge >= 0.3 is 0 Å². The fraction of sp³-hybridized carbons (Fsp3) is 0.467. The first kappa shape index (κ1) is 12.8. The van der Waals surface area contributed by atoms with E-state index in [-0.39, 0.29) is 17.6 Å². The minimum atomic E-state index is 0.0142. The molecule has 3 nitrogen and oxygen atoms in total. The van der Waals surface area contributed by atoms with Gasteiger partial charge < -0.3 is 5.32 Å². The van der Waals surface area contributed by atoms with Crippen molar-refractivity contribution in [1.29, 1.82) is 0 Å². The van der Waals surface area contributed by atoms with Gasteiger partial charge in [0.2, 0.25) is 5.91 Å². The number of carbonyl (C=O) groups excluding carboxylic acids is 2. The minimum absolute atomic E-state index is 0.0142. The van der Waals surface area contributed by atoms with Crippen LogP contribution < -0.4 is 5.32 Å². The molecule has 1 saturated carbocycles. The quantitative estimate of drug-likeness (QED) is 0.831. The Morgan fingerprint density at radius 1 is 1.28 bits per heavy atom. The second-order valence-electron chi connectivity index (χ2n) is 5.14. The lowest BCUT2D eigenvalue weighted by molar-refractivity contribution is -0.120. The van der Waals surface area contributed by atoms with Crippen molar-refractivity contribution in [2.24, 2.45) is 11.8 Å². The van der Waals surface area contributed by atoms with Crippen LogP contribution in [0.25, 0.3) is 0 Å². The molecule has 2 unspecified atom stereocenters. The Hall–Kier alpha value is -1.64. The van der Waals surface area contributed by atoms with E-state index < -0.39 is 0 Å². The third-order valence-corrected chi connectivity index (χ3v) is 3.73. The molecule has 0 saturated heterocycles. The lowest BCUT2D eigenvalue weighted by Gasteiger charge is -2.15. The van der Waals surface area contributed by atoms with Crippen LogP contribution >= 0.6 is 0 Å². The molecule has 0 aliphatic heterocycles. The van der Waals surface area contributed by atoms with E-state index in [2.05, 4.69) is 12.2 Å². The molecule has 1 aromatic rings. The normalized spacial score (nSPS) is 22.8. The van der Waals surface area contributed by atoms with Gasteiger partial charge in [0.1, 0.15) is 0 Å². The van der Waals surface area contributed by atoms with Crippen LogP contribution in [0.5, 0.6) is 0 Å². The summed E-state index contributed by atoms with van der Waals surface area (Å²) in [6, 6.07) is 7.12. The molecular formula is C15H19NO2. The molecule has 0 spiro atoms. The van der Waals surface area contributed by atoms with Crippen molar-refractivity contribution in [1.82, 2.24) is 0 Å². The summed E-state index contributed by atoms with van der Waals surface area (Å²) in [6.45, 7) is 3.66. The fourth-order valence-electron chi connectivity index (χ4n) is 2.59. The number of nitrogens with one attached hydrogen (secondary N) is 1. The molecule has 3 heteroatoms. The van der Waals surface area contributed by atoms with Gasteiger partial charge in [0.15, 0.2) is 5.78 Å². The van der Waals surface area contributed by atoms with Crippen LogP contribution in [0.1, 0.15) is 43.5 Å². The summed E-state index contributed by atoms with van der Waals surface area (Å²) in [6.07, 6.45) is 3.23. The van der Waals surface area contributed by atoms with Gasteiger partial charge in [-0.05, 0) is 37.8 Å². The summed E-state index contributed by atoms with van der Waals surface area (Å²) >= 11 is 0. The van der Waals surface area contributed by atoms with Crippen LogP contribution in [-0.2, 0) is 4.79 Å². The van der Waals surface area contributed by atoms with E-state index in [1.54, 1.807) is 18.2 Å². The molecule has 1 fully saturated rings. The van der Waals surface area contributed by atoms with Crippen LogP contribution in [-0.4, -0.2) is 11.7 Å². The molecule has 1 aliphatic rings. The maximum Gasteiger partial charge on any atom is 0.227 e. The number of Topliss-reactive ketones (excluding diaryl/α,β-unsaturated/α-hetero) is 1. The summed E-state index contributed by atoms with van der Waals surface area (Å²) in [5, 5.41) is 2.92. The van der Waals surface area contributed by atoms with Gasteiger partial charge in [-0.1, -0.05) is 25.5 Å². The Bertz CT molecular complexity index is 467. The van der Waals surface area contributed by atoms with Crippen LogP contribution in [0.2, 0.25) is 0 Å². The first-order valence-electron chi connectivity index (χ1n) is 6.50. The maximum absolute atomic E-state index is 12.1. The molecule has 1 amide bonds. The van der Waals surface area contributed by atoms with Crippen molar-refractivity contribution in [2.75, 3.05) is 5.32 Å². The SMILES string of the molecule is CC(=O)c1cccc(NC(=O)C2CCCC2C)c1. The van der Waals surface area contributed by atoms with E-state index in [0.29, 0.717) is 17.2 Å². The predicted octanol–water partition coefficient (Wildman–Crippen LogP) is 3.26. The topological polar surface area (TPSA) is 46.2 Å². The minimum Gasteiger partial charge on any atom is -0.326 e. The van der Waals surface area contributed by atoms with E-state index >= 15 is 0 Å². The van der Waals surface area contributed by atoms with Crippen LogP contribution in [0.15, 0.2) is 24.3 Å². The van der Waals surface area contributed by atoms with E-state index in [1.165, 1.54) is 6.92 Å². The highest BCUT2D eigenvalue weighted by atomic mass is 16.2. The lowest BCUT2D eigenvalue weighted by Crippen LogP contribution is -2.24. The van der Waals surface area contributed by atoms with E-state index in [1.807, 2.05) is 6.07 Å². The highest BCUT2D eigenvalue weighted by molar-refractivity contribution is 5.97. The first-order valence-corrected chi connectivity index (χ1v) is 6.50. The van der Waals surface area contributed by atoms with Crippen molar-refractivity contribution < 1.29 is 9.59 Å². The summed E-state index contributed by atoms with van der Waals surface area (Å²) in [5.74, 6) is 0.674. The standard InChI is InChI=1S/C15H19NO2/c1-10-5-3-8-14(10)15(18)16-13-7-4-6-12(9-13)11(2)17/h4,6-7,9-10,14H,3,5,8H2,1-2H3,(H,16,18). The third kappa shape index (κ3) is 2.78. The Kier molecular flexibility index (Phi) is 3.80. The maximum atomic E-state index is 12.1. The average Bonchev–Trinajstić information content (AvgIpc) is 2.76. The number of benzene rings is 1. The van der Waals surface area contributed by atoms with Gasteiger partial charge in [0.05, 0.1) is 0 Å². The zero-order valence-corrected chi connectivity index (χ0v) is 10.9. The van der Waals surface area contributed by atoms with Crippen molar-refractivity contribution in [3.63, 3.8) is 0 Å². The van der Waals surface area contributed by atoms with Gasteiger partial charge in [-0.3, -0.25) is 9.59 Å². The molecule has 2 atom stereocenters. The number of amides is 1. The van der Waals surface area contributed by atoms with Crippen LogP contribution in [0.4, 0.5) is 5.69 Å². The highest BCUT2D eigenvalue weighted by Crippen LogP contribution is 2.32. The smallest absolute Gasteiger partial charge is 0.227 e. The van der Waals surface area contributed by atoms with E-state index in [9.17, 15) is 9.59 Å². The molecule has 18 heavy (non-hydrogen) atoms. The molecule has 0 bridgehead atoms. The number of hydrogen-bond donors (Lipinski definition) is 1. The van der Waals surface area contributed by atoms with Gasteiger partial charge in [0.25, 0.3) is 0 Å². The van der Waals surface area contributed by atoms with Crippen LogP contribution in [0.3, 0.4) is 0 Å². The molecular weight excluding hydrogens is 226 g/mol. The number of anilines is 1. The zero-order chi connectivity index (χ0) is 13.1. The molecule has 1 aliphatic carbocycles. The molecule has 0 radical (unpaired) electrons. The number of rotatable bonds is 3. The molecule has 2 rings (SSSR count). The number of ketones is 1. The summed E-state index contributed by atoms with van der Waals surface area (Å²) in [5.41, 5.74) is 1.35. The fourth-order valence-corrected chi connectivity index (χ4v) is 2.59. The summed E-state index contributed by atoms with van der Waals surface area (Å²) in [7, 11) is 0. The van der Waals surface area contributed by atoms with Crippen molar-refractivity contribution in [2.45, 2.75) is 33.1 Å². The van der Waals surface area contributed by atoms with Crippen molar-refractivity contribution in [3.8, 4) is 0 Å². The predicted molar refractivity (Wildman–Crippen MR) is 71.6 cm³/mol. The molecule has 0 aromatic heterocycles. The monoisotopic (exact) mass is 245 g/mol. The second kappa shape index (κ2) is 5.34. The molecule has 1 N–H and O–H groups in total. The number of hydrogen-bond acceptors (Lipinski definition) is 2. The Labute approximate surface area is 108 Å². The zero-order valence-electron chi connectivity index (χ0n) is 10.9. The summed E-state index contributed by atoms with van der Waals surface area (Å²) < 4.78 is 0. The molecule has 1 aromatic carbocycles. The largest absolute Gasteiger partial charge is 0.326 e. The number of carbonyl (C=O) groups is 2. The molecule has 0 heterocycles. The second-order valence-corrected chi connectivity index (χ2v) is 5.14. The van der Waals surface area contributed by atoms with E-state index in [0.717, 1.165) is 19.3 Å². The third-order valence-electron chi connectivity index (χ3n) is 3.73. The van der Waals surface area contributed by atoms with Gasteiger partial charge in [-0.15, -0.1) is 0 Å². The average molecular weight is 245 g/mol. The lowest BCUT2D eigenvalue weighted by atomic mass is 9.97. The highest BCUT2D eigenvalue weighted by Gasteiger charge is 2.29.